The molecule has 1 aliphatic rings. The molecule has 0 atom stereocenters. The van der Waals surface area contributed by atoms with Crippen molar-refractivity contribution >= 4 is 0 Å². The van der Waals surface area contributed by atoms with E-state index in [0.717, 1.165) is 25.3 Å². The van der Waals surface area contributed by atoms with Gasteiger partial charge in [0.05, 0.1) is 6.20 Å². The molecule has 0 fully saturated rings. The monoisotopic (exact) mass is 254 g/mol. The standard InChI is InChI=1S/C16H18N2O/c1-18-8-7-16-14(11-18)9-15(10-17-16)19-12-13-5-3-2-4-6-13/h2-6,9-10H,7-8,11-12H2,1H3. The van der Waals surface area contributed by atoms with E-state index in [2.05, 4.69) is 35.1 Å². The lowest BCUT2D eigenvalue weighted by Gasteiger charge is -2.24. The molecule has 3 nitrogen and oxygen atoms in total. The van der Waals surface area contributed by atoms with Gasteiger partial charge in [0.1, 0.15) is 12.4 Å². The van der Waals surface area contributed by atoms with Gasteiger partial charge in [0.2, 0.25) is 0 Å². The minimum Gasteiger partial charge on any atom is -0.487 e. The lowest BCUT2D eigenvalue weighted by atomic mass is 10.1. The molecule has 0 aliphatic carbocycles. The van der Waals surface area contributed by atoms with Crippen molar-refractivity contribution in [1.29, 1.82) is 0 Å². The molecule has 0 saturated heterocycles. The van der Waals surface area contributed by atoms with E-state index in [9.17, 15) is 0 Å². The van der Waals surface area contributed by atoms with Crippen LogP contribution in [0.4, 0.5) is 0 Å². The summed E-state index contributed by atoms with van der Waals surface area (Å²) >= 11 is 0. The number of hydrogen-bond donors (Lipinski definition) is 0. The van der Waals surface area contributed by atoms with Gasteiger partial charge >= 0.3 is 0 Å². The Hall–Kier alpha value is -1.87. The molecule has 0 N–H and O–H groups in total. The highest BCUT2D eigenvalue weighted by Crippen LogP contribution is 2.21. The van der Waals surface area contributed by atoms with Crippen molar-refractivity contribution in [1.82, 2.24) is 9.88 Å². The van der Waals surface area contributed by atoms with Crippen LogP contribution in [0.15, 0.2) is 42.6 Å². The van der Waals surface area contributed by atoms with Crippen LogP contribution in [0.25, 0.3) is 0 Å². The summed E-state index contributed by atoms with van der Waals surface area (Å²) in [5, 5.41) is 0. The molecule has 1 aromatic heterocycles. The predicted molar refractivity (Wildman–Crippen MR) is 75.0 cm³/mol. The summed E-state index contributed by atoms with van der Waals surface area (Å²) in [5.41, 5.74) is 3.68. The fourth-order valence-corrected chi connectivity index (χ4v) is 2.37. The largest absolute Gasteiger partial charge is 0.487 e. The number of nitrogens with zero attached hydrogens (tertiary/aromatic N) is 2. The van der Waals surface area contributed by atoms with Crippen molar-refractivity contribution in [2.45, 2.75) is 19.6 Å². The van der Waals surface area contributed by atoms with E-state index in [1.165, 1.54) is 16.8 Å². The Balaban J connectivity index is 1.70. The van der Waals surface area contributed by atoms with Crippen LogP contribution in [0.3, 0.4) is 0 Å². The minimum absolute atomic E-state index is 0.594. The van der Waals surface area contributed by atoms with E-state index in [1.54, 1.807) is 0 Å². The summed E-state index contributed by atoms with van der Waals surface area (Å²) in [6, 6.07) is 12.3. The number of benzene rings is 1. The molecule has 19 heavy (non-hydrogen) atoms. The molecule has 0 spiro atoms. The fourth-order valence-electron chi connectivity index (χ4n) is 2.37. The van der Waals surface area contributed by atoms with Crippen molar-refractivity contribution in [3.05, 3.63) is 59.4 Å². The first kappa shape index (κ1) is 12.2. The van der Waals surface area contributed by atoms with Crippen molar-refractivity contribution < 1.29 is 4.74 Å². The summed E-state index contributed by atoms with van der Waals surface area (Å²) in [4.78, 5) is 6.82. The summed E-state index contributed by atoms with van der Waals surface area (Å²) < 4.78 is 5.81. The Morgan fingerprint density at radius 3 is 2.95 bits per heavy atom. The van der Waals surface area contributed by atoms with Crippen LogP contribution >= 0.6 is 0 Å². The van der Waals surface area contributed by atoms with Crippen molar-refractivity contribution in [2.75, 3.05) is 13.6 Å². The number of pyridine rings is 1. The van der Waals surface area contributed by atoms with E-state index in [0.29, 0.717) is 6.61 Å². The van der Waals surface area contributed by atoms with Gasteiger partial charge in [0.15, 0.2) is 0 Å². The summed E-state index contributed by atoms with van der Waals surface area (Å²) in [6.07, 6.45) is 2.87. The Morgan fingerprint density at radius 1 is 1.26 bits per heavy atom. The van der Waals surface area contributed by atoms with Gasteiger partial charge in [-0.25, -0.2) is 0 Å². The molecular weight excluding hydrogens is 236 g/mol. The van der Waals surface area contributed by atoms with Gasteiger partial charge in [0.25, 0.3) is 0 Å². The lowest BCUT2D eigenvalue weighted by Crippen LogP contribution is -2.27. The molecular formula is C16H18N2O. The Morgan fingerprint density at radius 2 is 2.11 bits per heavy atom. The quantitative estimate of drug-likeness (QED) is 0.842. The van der Waals surface area contributed by atoms with Crippen LogP contribution in [0.1, 0.15) is 16.8 Å². The zero-order valence-corrected chi connectivity index (χ0v) is 11.2. The molecule has 0 radical (unpaired) electrons. The average molecular weight is 254 g/mol. The third kappa shape index (κ3) is 2.93. The number of likely N-dealkylation sites (N-methyl/N-ethyl adjacent to an activating group) is 1. The minimum atomic E-state index is 0.594. The van der Waals surface area contributed by atoms with Crippen LogP contribution < -0.4 is 4.74 Å². The number of rotatable bonds is 3. The van der Waals surface area contributed by atoms with E-state index in [1.807, 2.05) is 24.4 Å². The molecule has 1 aliphatic heterocycles. The van der Waals surface area contributed by atoms with Crippen molar-refractivity contribution in [3.8, 4) is 5.75 Å². The van der Waals surface area contributed by atoms with E-state index < -0.39 is 0 Å². The molecule has 0 saturated carbocycles. The number of hydrogen-bond acceptors (Lipinski definition) is 3. The van der Waals surface area contributed by atoms with Crippen LogP contribution in [-0.4, -0.2) is 23.5 Å². The third-order valence-electron chi connectivity index (χ3n) is 3.45. The van der Waals surface area contributed by atoms with Gasteiger partial charge in [-0.05, 0) is 24.2 Å². The van der Waals surface area contributed by atoms with Crippen LogP contribution in [0, 0.1) is 0 Å². The van der Waals surface area contributed by atoms with E-state index in [-0.39, 0.29) is 0 Å². The van der Waals surface area contributed by atoms with Crippen molar-refractivity contribution in [3.63, 3.8) is 0 Å². The first-order chi connectivity index (χ1) is 9.31. The van der Waals surface area contributed by atoms with Crippen LogP contribution in [-0.2, 0) is 19.6 Å². The average Bonchev–Trinajstić information content (AvgIpc) is 2.46. The molecule has 3 heteroatoms. The summed E-state index contributed by atoms with van der Waals surface area (Å²) in [5.74, 6) is 0.859. The SMILES string of the molecule is CN1CCc2ncc(OCc3ccccc3)cc2C1. The topological polar surface area (TPSA) is 25.4 Å². The Kier molecular flexibility index (Phi) is 3.47. The van der Waals surface area contributed by atoms with E-state index >= 15 is 0 Å². The number of fused-ring (bicyclic) bond motifs is 1. The van der Waals surface area contributed by atoms with Crippen molar-refractivity contribution in [2.24, 2.45) is 0 Å². The second-order valence-corrected chi connectivity index (χ2v) is 5.04. The predicted octanol–water partition coefficient (Wildman–Crippen LogP) is 2.65. The van der Waals surface area contributed by atoms with Gasteiger partial charge in [-0.1, -0.05) is 30.3 Å². The molecule has 2 heterocycles. The zero-order valence-electron chi connectivity index (χ0n) is 11.2. The van der Waals surface area contributed by atoms with Crippen LogP contribution in [0.2, 0.25) is 0 Å². The number of aromatic nitrogens is 1. The first-order valence-electron chi connectivity index (χ1n) is 6.64. The van der Waals surface area contributed by atoms with Gasteiger partial charge in [-0.15, -0.1) is 0 Å². The summed E-state index contributed by atoms with van der Waals surface area (Å²) in [7, 11) is 2.14. The highest BCUT2D eigenvalue weighted by atomic mass is 16.5. The Bertz CT molecular complexity index is 554. The van der Waals surface area contributed by atoms with Gasteiger partial charge in [-0.3, -0.25) is 4.98 Å². The molecule has 0 unspecified atom stereocenters. The molecule has 2 aromatic rings. The zero-order chi connectivity index (χ0) is 13.1. The Labute approximate surface area is 113 Å². The van der Waals surface area contributed by atoms with Gasteiger partial charge in [0, 0.05) is 25.2 Å². The molecule has 0 bridgehead atoms. The van der Waals surface area contributed by atoms with Gasteiger partial charge < -0.3 is 9.64 Å². The fraction of sp³-hybridized carbons (Fsp3) is 0.312. The van der Waals surface area contributed by atoms with Gasteiger partial charge in [-0.2, -0.15) is 0 Å². The second kappa shape index (κ2) is 5.41. The molecule has 3 rings (SSSR count). The molecule has 0 amide bonds. The molecule has 98 valence electrons. The summed E-state index contributed by atoms with van der Waals surface area (Å²) in [6.45, 7) is 2.65. The number of ether oxygens (including phenoxy) is 1. The molecule has 1 aromatic carbocycles. The first-order valence-corrected chi connectivity index (χ1v) is 6.64. The normalized spacial score (nSPS) is 15.0. The van der Waals surface area contributed by atoms with E-state index in [4.69, 9.17) is 4.74 Å². The highest BCUT2D eigenvalue weighted by molar-refractivity contribution is 5.31. The smallest absolute Gasteiger partial charge is 0.138 e. The maximum Gasteiger partial charge on any atom is 0.138 e. The lowest BCUT2D eigenvalue weighted by molar-refractivity contribution is 0.293. The maximum atomic E-state index is 5.81. The second-order valence-electron chi connectivity index (χ2n) is 5.04. The highest BCUT2D eigenvalue weighted by Gasteiger charge is 2.14. The van der Waals surface area contributed by atoms with Crippen LogP contribution in [0.5, 0.6) is 5.75 Å². The third-order valence-corrected chi connectivity index (χ3v) is 3.45. The maximum absolute atomic E-state index is 5.81.